The van der Waals surface area contributed by atoms with Crippen molar-refractivity contribution in [3.8, 4) is 6.19 Å². The monoisotopic (exact) mass is 612 g/mol. The molecule has 3 aromatic rings. The second-order valence-electron chi connectivity index (χ2n) is 9.33. The highest BCUT2D eigenvalue weighted by molar-refractivity contribution is 6.31. The Bertz CT molecular complexity index is 1440. The van der Waals surface area contributed by atoms with Crippen LogP contribution in [0.25, 0.3) is 10.8 Å². The molecular formula is C29H34ClFN8O4. The van der Waals surface area contributed by atoms with Crippen molar-refractivity contribution in [1.29, 1.82) is 5.26 Å². The minimum Gasteiger partial charge on any atom is -0.447 e. The molecule has 228 valence electrons. The minimum atomic E-state index is -0.726. The molecule has 12 nitrogen and oxygen atoms in total. The molecule has 0 aliphatic carbocycles. The van der Waals surface area contributed by atoms with Crippen LogP contribution >= 0.6 is 11.6 Å². The van der Waals surface area contributed by atoms with Gasteiger partial charge in [0.1, 0.15) is 18.2 Å². The van der Waals surface area contributed by atoms with Crippen molar-refractivity contribution < 1.29 is 23.8 Å². The Morgan fingerprint density at radius 2 is 1.98 bits per heavy atom. The lowest BCUT2D eigenvalue weighted by atomic mass is 10.1. The summed E-state index contributed by atoms with van der Waals surface area (Å²) in [7, 11) is 0. The zero-order chi connectivity index (χ0) is 30.9. The van der Waals surface area contributed by atoms with E-state index in [0.29, 0.717) is 43.7 Å². The van der Waals surface area contributed by atoms with Gasteiger partial charge in [-0.05, 0) is 42.3 Å². The number of nitriles is 1. The van der Waals surface area contributed by atoms with E-state index >= 15 is 0 Å². The largest absolute Gasteiger partial charge is 0.447 e. The van der Waals surface area contributed by atoms with Crippen LogP contribution in [0.15, 0.2) is 59.7 Å². The Balaban J connectivity index is 1.53. The van der Waals surface area contributed by atoms with Crippen molar-refractivity contribution in [2.24, 2.45) is 4.99 Å². The van der Waals surface area contributed by atoms with E-state index in [1.165, 1.54) is 12.1 Å². The summed E-state index contributed by atoms with van der Waals surface area (Å²) < 4.78 is 19.1. The van der Waals surface area contributed by atoms with Crippen LogP contribution in [0.3, 0.4) is 0 Å². The second kappa shape index (κ2) is 18.1. The highest BCUT2D eigenvalue weighted by atomic mass is 35.5. The molecular weight excluding hydrogens is 579 g/mol. The fourth-order valence-corrected chi connectivity index (χ4v) is 4.14. The maximum atomic E-state index is 13.7. The Morgan fingerprint density at radius 1 is 1.16 bits per heavy atom. The van der Waals surface area contributed by atoms with Gasteiger partial charge in [0.15, 0.2) is 6.19 Å². The number of benzene rings is 2. The molecule has 14 heteroatoms. The molecule has 6 N–H and O–H groups in total. The number of halogens is 2. The number of guanidine groups is 1. The first kappa shape index (κ1) is 33.0. The number of amides is 2. The van der Waals surface area contributed by atoms with Crippen molar-refractivity contribution in [3.63, 3.8) is 0 Å². The summed E-state index contributed by atoms with van der Waals surface area (Å²) in [5, 5.41) is 33.5. The molecule has 0 radical (unpaired) electrons. The number of carbonyl (C=O) groups excluding carboxylic acids is 2. The molecule has 0 aliphatic heterocycles. The number of fused-ring (bicyclic) bond motifs is 1. The third kappa shape index (κ3) is 11.7. The molecule has 0 unspecified atom stereocenters. The predicted molar refractivity (Wildman–Crippen MR) is 162 cm³/mol. The molecule has 0 aliphatic rings. The smallest absolute Gasteiger partial charge is 0.412 e. The number of rotatable bonds is 15. The maximum Gasteiger partial charge on any atom is 0.412 e. The zero-order valence-electron chi connectivity index (χ0n) is 23.4. The number of aliphatic hydroxyl groups excluding tert-OH is 1. The molecule has 43 heavy (non-hydrogen) atoms. The Hall–Kier alpha value is -4.51. The molecule has 1 aromatic heterocycles. The summed E-state index contributed by atoms with van der Waals surface area (Å²) in [6.45, 7) is 0.717. The molecule has 1 atom stereocenters. The van der Waals surface area contributed by atoms with E-state index in [0.717, 1.165) is 10.8 Å². The molecule has 0 saturated carbocycles. The van der Waals surface area contributed by atoms with Gasteiger partial charge in [-0.3, -0.25) is 20.4 Å². The minimum absolute atomic E-state index is 0.00809. The number of nitrogens with zero attached hydrogens (tertiary/aromatic N) is 3. The van der Waals surface area contributed by atoms with Gasteiger partial charge in [0.25, 0.3) is 0 Å². The Labute approximate surface area is 253 Å². The molecule has 3 rings (SSSR count). The molecule has 1 heterocycles. The lowest BCUT2D eigenvalue weighted by Gasteiger charge is -2.19. The number of aliphatic hydroxyl groups is 1. The van der Waals surface area contributed by atoms with Gasteiger partial charge in [0.05, 0.1) is 17.6 Å². The third-order valence-corrected chi connectivity index (χ3v) is 6.48. The molecule has 0 spiro atoms. The van der Waals surface area contributed by atoms with E-state index < -0.39 is 18.0 Å². The summed E-state index contributed by atoms with van der Waals surface area (Å²) in [5.74, 6) is -0.301. The SMILES string of the molecule is N#CNC(=NCCCO)NCCC[C@@H](COC(=O)Nc1cc2ccccc2cn1)NC(=O)CNCc1cccc(F)c1Cl. The van der Waals surface area contributed by atoms with Crippen LogP contribution in [0.1, 0.15) is 24.8 Å². The summed E-state index contributed by atoms with van der Waals surface area (Å²) in [6.07, 6.45) is 4.13. The van der Waals surface area contributed by atoms with Crippen LogP contribution in [0.4, 0.5) is 15.0 Å². The third-order valence-electron chi connectivity index (χ3n) is 6.06. The fourth-order valence-electron chi connectivity index (χ4n) is 3.95. The van der Waals surface area contributed by atoms with E-state index in [9.17, 15) is 14.0 Å². The first-order valence-corrected chi connectivity index (χ1v) is 14.0. The lowest BCUT2D eigenvalue weighted by Crippen LogP contribution is -2.44. The summed E-state index contributed by atoms with van der Waals surface area (Å²) >= 11 is 5.98. The molecule has 0 bridgehead atoms. The number of anilines is 1. The highest BCUT2D eigenvalue weighted by Gasteiger charge is 2.16. The van der Waals surface area contributed by atoms with Crippen LogP contribution in [-0.4, -0.2) is 66.9 Å². The summed E-state index contributed by atoms with van der Waals surface area (Å²) in [6, 6.07) is 13.2. The van der Waals surface area contributed by atoms with Gasteiger partial charge in [0, 0.05) is 37.8 Å². The number of aliphatic imine (C=N–C) groups is 1. The van der Waals surface area contributed by atoms with Gasteiger partial charge < -0.3 is 25.8 Å². The Kier molecular flexibility index (Phi) is 13.9. The van der Waals surface area contributed by atoms with Gasteiger partial charge in [-0.15, -0.1) is 0 Å². The van der Waals surface area contributed by atoms with Crippen LogP contribution in [-0.2, 0) is 16.1 Å². The Morgan fingerprint density at radius 3 is 2.77 bits per heavy atom. The second-order valence-corrected chi connectivity index (χ2v) is 9.71. The maximum absolute atomic E-state index is 13.7. The van der Waals surface area contributed by atoms with Crippen molar-refractivity contribution in [3.05, 3.63) is 71.1 Å². The van der Waals surface area contributed by atoms with Crippen LogP contribution in [0, 0.1) is 17.3 Å². The number of pyridine rings is 1. The average Bonchev–Trinajstić information content (AvgIpc) is 3.00. The van der Waals surface area contributed by atoms with E-state index in [-0.39, 0.29) is 43.2 Å². The van der Waals surface area contributed by atoms with E-state index in [2.05, 4.69) is 36.6 Å². The van der Waals surface area contributed by atoms with Gasteiger partial charge >= 0.3 is 6.09 Å². The number of ether oxygens (including phenoxy) is 1. The van der Waals surface area contributed by atoms with Crippen LogP contribution in [0.2, 0.25) is 5.02 Å². The topological polar surface area (TPSA) is 173 Å². The standard InChI is InChI=1S/C29H34ClFN8O4/c30-27-22(8-3-10-24(27)31)15-33-17-26(41)38-23(9-4-11-34-28(37-19-32)35-12-5-13-40)18-43-29(42)39-25-14-20-6-1-2-7-21(20)16-36-25/h1-3,6-8,10,14,16,23,33,40H,4-5,9,11-13,15,17-18H2,(H,38,41)(H2,34,35,37)(H,36,39,42)/t23-/m0/s1. The molecule has 0 fully saturated rings. The van der Waals surface area contributed by atoms with Crippen molar-refractivity contribution in [1.82, 2.24) is 26.3 Å². The lowest BCUT2D eigenvalue weighted by molar-refractivity contribution is -0.121. The van der Waals surface area contributed by atoms with E-state index in [1.54, 1.807) is 24.5 Å². The number of nitrogens with one attached hydrogen (secondary N) is 5. The molecule has 2 aromatic carbocycles. The van der Waals surface area contributed by atoms with Gasteiger partial charge in [-0.1, -0.05) is 48.0 Å². The molecule has 2 amide bonds. The highest BCUT2D eigenvalue weighted by Crippen LogP contribution is 2.19. The fraction of sp³-hybridized carbons (Fsp3) is 0.345. The number of carbonyl (C=O) groups is 2. The van der Waals surface area contributed by atoms with Crippen molar-refractivity contribution in [2.45, 2.75) is 31.8 Å². The normalized spacial score (nSPS) is 11.8. The number of aromatic nitrogens is 1. The average molecular weight is 613 g/mol. The zero-order valence-corrected chi connectivity index (χ0v) is 24.2. The van der Waals surface area contributed by atoms with Gasteiger partial charge in [0.2, 0.25) is 11.9 Å². The first-order valence-electron chi connectivity index (χ1n) is 13.7. The number of hydrogen-bond acceptors (Lipinski definition) is 8. The van der Waals surface area contributed by atoms with E-state index in [4.69, 9.17) is 26.7 Å². The van der Waals surface area contributed by atoms with Gasteiger partial charge in [-0.2, -0.15) is 5.26 Å². The summed E-state index contributed by atoms with van der Waals surface area (Å²) in [5.41, 5.74) is 0.516. The predicted octanol–water partition coefficient (Wildman–Crippen LogP) is 3.03. The quantitative estimate of drug-likeness (QED) is 0.0496. The van der Waals surface area contributed by atoms with Crippen LogP contribution < -0.4 is 26.6 Å². The number of hydrogen-bond donors (Lipinski definition) is 6. The van der Waals surface area contributed by atoms with Crippen molar-refractivity contribution in [2.75, 3.05) is 38.2 Å². The van der Waals surface area contributed by atoms with Crippen LogP contribution in [0.5, 0.6) is 0 Å². The summed E-state index contributed by atoms with van der Waals surface area (Å²) in [4.78, 5) is 33.6. The first-order chi connectivity index (χ1) is 20.9. The van der Waals surface area contributed by atoms with E-state index in [1.807, 2.05) is 24.3 Å². The van der Waals surface area contributed by atoms with Crippen molar-refractivity contribution >= 4 is 46.2 Å². The molecule has 0 saturated heterocycles. The van der Waals surface area contributed by atoms with Gasteiger partial charge in [-0.25, -0.2) is 14.2 Å².